The summed E-state index contributed by atoms with van der Waals surface area (Å²) in [5.41, 5.74) is 2.05. The zero-order chi connectivity index (χ0) is 12.4. The van der Waals surface area contributed by atoms with Crippen LogP contribution in [0.5, 0.6) is 0 Å². The van der Waals surface area contributed by atoms with E-state index in [9.17, 15) is 4.79 Å². The Balaban J connectivity index is 2.63. The van der Waals surface area contributed by atoms with E-state index >= 15 is 0 Å². The highest BCUT2D eigenvalue weighted by Gasteiger charge is 2.10. The van der Waals surface area contributed by atoms with Crippen molar-refractivity contribution in [3.05, 3.63) is 57.0 Å². The van der Waals surface area contributed by atoms with Gasteiger partial charge in [-0.3, -0.25) is 4.79 Å². The van der Waals surface area contributed by atoms with Crippen molar-refractivity contribution < 1.29 is 4.79 Å². The predicted molar refractivity (Wildman–Crippen MR) is 72.3 cm³/mol. The molecule has 0 aliphatic rings. The number of halogens is 3. The molecule has 17 heavy (non-hydrogen) atoms. The van der Waals surface area contributed by atoms with Crippen LogP contribution in [0.2, 0.25) is 15.1 Å². The van der Waals surface area contributed by atoms with Crippen molar-refractivity contribution in [2.75, 3.05) is 0 Å². The third kappa shape index (κ3) is 2.63. The summed E-state index contributed by atoms with van der Waals surface area (Å²) in [6.45, 7) is 0. The molecule has 0 N–H and O–H groups in total. The standard InChI is InChI=1S/C13H7Cl3O/c14-10-5-11(15)13(12(16)6-10)9-3-1-2-8(4-9)7-17/h1-7H. The van der Waals surface area contributed by atoms with Gasteiger partial charge in [-0.25, -0.2) is 0 Å². The molecular formula is C13H7Cl3O. The Morgan fingerprint density at radius 3 is 2.18 bits per heavy atom. The molecule has 0 radical (unpaired) electrons. The summed E-state index contributed by atoms with van der Waals surface area (Å²) in [6, 6.07) is 10.3. The van der Waals surface area contributed by atoms with Crippen LogP contribution in [0.3, 0.4) is 0 Å². The maximum atomic E-state index is 10.7. The summed E-state index contributed by atoms with van der Waals surface area (Å²) >= 11 is 18.1. The molecule has 0 saturated heterocycles. The first-order chi connectivity index (χ1) is 8.11. The topological polar surface area (TPSA) is 17.1 Å². The first kappa shape index (κ1) is 12.4. The van der Waals surface area contributed by atoms with E-state index in [4.69, 9.17) is 34.8 Å². The van der Waals surface area contributed by atoms with Gasteiger partial charge >= 0.3 is 0 Å². The van der Waals surface area contributed by atoms with Crippen molar-refractivity contribution in [3.63, 3.8) is 0 Å². The molecule has 0 saturated carbocycles. The molecule has 1 nitrogen and oxygen atoms in total. The van der Waals surface area contributed by atoms with Crippen molar-refractivity contribution in [1.29, 1.82) is 0 Å². The maximum absolute atomic E-state index is 10.7. The second-order valence-electron chi connectivity index (χ2n) is 3.49. The summed E-state index contributed by atoms with van der Waals surface area (Å²) in [4.78, 5) is 10.7. The third-order valence-corrected chi connectivity index (χ3v) is 3.13. The molecule has 0 bridgehead atoms. The lowest BCUT2D eigenvalue weighted by Crippen LogP contribution is -1.85. The first-order valence-corrected chi connectivity index (χ1v) is 5.95. The zero-order valence-corrected chi connectivity index (χ0v) is 10.9. The Kier molecular flexibility index (Phi) is 3.72. The van der Waals surface area contributed by atoms with Crippen LogP contribution >= 0.6 is 34.8 Å². The lowest BCUT2D eigenvalue weighted by Gasteiger charge is -2.08. The van der Waals surface area contributed by atoms with Crippen LogP contribution in [0.15, 0.2) is 36.4 Å². The normalized spacial score (nSPS) is 10.3. The Hall–Kier alpha value is -1.02. The number of carbonyl (C=O) groups is 1. The van der Waals surface area contributed by atoms with Gasteiger partial charge in [0.25, 0.3) is 0 Å². The summed E-state index contributed by atoms with van der Waals surface area (Å²) in [5.74, 6) is 0. The van der Waals surface area contributed by atoms with Gasteiger partial charge in [0.2, 0.25) is 0 Å². The van der Waals surface area contributed by atoms with E-state index in [1.54, 1.807) is 30.3 Å². The average molecular weight is 286 g/mol. The van der Waals surface area contributed by atoms with Gasteiger partial charge in [-0.15, -0.1) is 0 Å². The van der Waals surface area contributed by atoms with E-state index in [0.29, 0.717) is 26.2 Å². The molecule has 0 heterocycles. The van der Waals surface area contributed by atoms with Crippen molar-refractivity contribution in [3.8, 4) is 11.1 Å². The maximum Gasteiger partial charge on any atom is 0.150 e. The van der Waals surface area contributed by atoms with Gasteiger partial charge < -0.3 is 0 Å². The third-order valence-electron chi connectivity index (χ3n) is 2.32. The molecule has 0 aromatic heterocycles. The summed E-state index contributed by atoms with van der Waals surface area (Å²) in [6.07, 6.45) is 0.779. The van der Waals surface area contributed by atoms with E-state index in [-0.39, 0.29) is 0 Å². The van der Waals surface area contributed by atoms with Gasteiger partial charge in [0.1, 0.15) is 6.29 Å². The summed E-state index contributed by atoms with van der Waals surface area (Å²) in [7, 11) is 0. The molecule has 0 fully saturated rings. The highest BCUT2D eigenvalue weighted by Crippen LogP contribution is 2.37. The molecule has 86 valence electrons. The number of hydrogen-bond donors (Lipinski definition) is 0. The predicted octanol–water partition coefficient (Wildman–Crippen LogP) is 5.13. The lowest BCUT2D eigenvalue weighted by molar-refractivity contribution is 0.112. The highest BCUT2D eigenvalue weighted by molar-refractivity contribution is 6.41. The van der Waals surface area contributed by atoms with Crippen molar-refractivity contribution in [1.82, 2.24) is 0 Å². The number of hydrogen-bond acceptors (Lipinski definition) is 1. The highest BCUT2D eigenvalue weighted by atomic mass is 35.5. The molecule has 0 aliphatic carbocycles. The smallest absolute Gasteiger partial charge is 0.150 e. The minimum Gasteiger partial charge on any atom is -0.298 e. The molecule has 2 aromatic carbocycles. The van der Waals surface area contributed by atoms with Gasteiger partial charge in [0, 0.05) is 16.1 Å². The van der Waals surface area contributed by atoms with Crippen LogP contribution in [0, 0.1) is 0 Å². The Morgan fingerprint density at radius 1 is 0.941 bits per heavy atom. The van der Waals surface area contributed by atoms with Crippen LogP contribution in [0.1, 0.15) is 10.4 Å². The van der Waals surface area contributed by atoms with E-state index in [2.05, 4.69) is 0 Å². The van der Waals surface area contributed by atoms with Gasteiger partial charge in [0.05, 0.1) is 10.0 Å². The van der Waals surface area contributed by atoms with Gasteiger partial charge in [0.15, 0.2) is 0 Å². The quantitative estimate of drug-likeness (QED) is 0.699. The zero-order valence-electron chi connectivity index (χ0n) is 8.58. The van der Waals surface area contributed by atoms with Crippen molar-refractivity contribution in [2.45, 2.75) is 0 Å². The fraction of sp³-hybridized carbons (Fsp3) is 0. The van der Waals surface area contributed by atoms with E-state index in [1.165, 1.54) is 0 Å². The van der Waals surface area contributed by atoms with Gasteiger partial charge in [-0.1, -0.05) is 53.0 Å². The fourth-order valence-corrected chi connectivity index (χ4v) is 2.62. The molecule has 2 aromatic rings. The Morgan fingerprint density at radius 2 is 1.59 bits per heavy atom. The summed E-state index contributed by atoms with van der Waals surface area (Å²) < 4.78 is 0. The minimum absolute atomic E-state index is 0.463. The monoisotopic (exact) mass is 284 g/mol. The number of aldehydes is 1. The van der Waals surface area contributed by atoms with Crippen LogP contribution in [-0.4, -0.2) is 6.29 Å². The van der Waals surface area contributed by atoms with Gasteiger partial charge in [-0.2, -0.15) is 0 Å². The SMILES string of the molecule is O=Cc1cccc(-c2c(Cl)cc(Cl)cc2Cl)c1. The van der Waals surface area contributed by atoms with Crippen LogP contribution in [0.4, 0.5) is 0 Å². The first-order valence-electron chi connectivity index (χ1n) is 4.82. The minimum atomic E-state index is 0.463. The summed E-state index contributed by atoms with van der Waals surface area (Å²) in [5, 5.41) is 1.41. The molecular weight excluding hydrogens is 279 g/mol. The fourth-order valence-electron chi connectivity index (χ4n) is 1.59. The molecule has 0 unspecified atom stereocenters. The van der Waals surface area contributed by atoms with Crippen LogP contribution in [0.25, 0.3) is 11.1 Å². The van der Waals surface area contributed by atoms with E-state index < -0.39 is 0 Å². The lowest BCUT2D eigenvalue weighted by atomic mass is 10.0. The number of rotatable bonds is 2. The molecule has 4 heteroatoms. The molecule has 2 rings (SSSR count). The molecule has 0 amide bonds. The largest absolute Gasteiger partial charge is 0.298 e. The second kappa shape index (κ2) is 5.09. The van der Waals surface area contributed by atoms with Crippen molar-refractivity contribution >= 4 is 41.1 Å². The molecule has 0 atom stereocenters. The average Bonchev–Trinajstić information content (AvgIpc) is 2.28. The van der Waals surface area contributed by atoms with Gasteiger partial charge in [-0.05, 0) is 23.8 Å². The van der Waals surface area contributed by atoms with Crippen LogP contribution < -0.4 is 0 Å². The van der Waals surface area contributed by atoms with E-state index in [1.807, 2.05) is 6.07 Å². The van der Waals surface area contributed by atoms with E-state index in [0.717, 1.165) is 11.8 Å². The molecule has 0 aliphatic heterocycles. The number of carbonyl (C=O) groups excluding carboxylic acids is 1. The van der Waals surface area contributed by atoms with Crippen LogP contribution in [-0.2, 0) is 0 Å². The Bertz CT molecular complexity index is 556. The van der Waals surface area contributed by atoms with Crippen molar-refractivity contribution in [2.24, 2.45) is 0 Å². The molecule has 0 spiro atoms. The Labute approximate surface area is 114 Å². The second-order valence-corrected chi connectivity index (χ2v) is 4.74. The number of benzene rings is 2.